The van der Waals surface area contributed by atoms with E-state index in [-0.39, 0.29) is 23.4 Å². The molecule has 0 aromatic carbocycles. The second kappa shape index (κ2) is 6.69. The molecule has 7 nitrogen and oxygen atoms in total. The van der Waals surface area contributed by atoms with E-state index in [1.807, 2.05) is 31.9 Å². The number of nitrogens with zero attached hydrogens (tertiary/aromatic N) is 3. The maximum absolute atomic E-state index is 12.5. The van der Waals surface area contributed by atoms with Gasteiger partial charge in [0.05, 0.1) is 11.1 Å². The zero-order valence-corrected chi connectivity index (χ0v) is 15.6. The molecule has 1 aromatic rings. The van der Waals surface area contributed by atoms with Crippen LogP contribution in [0.5, 0.6) is 0 Å². The maximum atomic E-state index is 12.5. The second-order valence-corrected chi connectivity index (χ2v) is 7.82. The minimum absolute atomic E-state index is 0.0681. The number of hydrogen-bond donors (Lipinski definition) is 2. The van der Waals surface area contributed by atoms with Crippen molar-refractivity contribution < 1.29 is 9.59 Å². The van der Waals surface area contributed by atoms with Crippen LogP contribution in [0, 0.1) is 11.3 Å². The summed E-state index contributed by atoms with van der Waals surface area (Å²) in [6.07, 6.45) is 3.80. The molecule has 1 aromatic heterocycles. The number of rotatable bonds is 4. The molecule has 25 heavy (non-hydrogen) atoms. The molecular weight excluding hydrogens is 318 g/mol. The Labute approximate surface area is 149 Å². The fraction of sp³-hybridized carbons (Fsp3) is 0.722. The number of likely N-dealkylation sites (tertiary alicyclic amines) is 1. The molecule has 2 saturated heterocycles. The average molecular weight is 347 g/mol. The van der Waals surface area contributed by atoms with Gasteiger partial charge in [-0.1, -0.05) is 13.3 Å². The standard InChI is InChI=1S/C18H29N5O2/c1-5-6-13-11-14(22(4)21-13)19-17(25)23-9-7-12(8-10-23)15-18(2,3)16(24)20-15/h11-12,15H,5-10H2,1-4H3,(H,19,25)(H,20,24). The third-order valence-corrected chi connectivity index (χ3v) is 5.62. The molecule has 2 fully saturated rings. The molecular formula is C18H29N5O2. The summed E-state index contributed by atoms with van der Waals surface area (Å²) in [4.78, 5) is 26.1. The highest BCUT2D eigenvalue weighted by molar-refractivity contribution is 5.89. The normalized spacial score (nSPS) is 23.1. The van der Waals surface area contributed by atoms with Crippen LogP contribution in [0.3, 0.4) is 0 Å². The summed E-state index contributed by atoms with van der Waals surface area (Å²) in [7, 11) is 1.85. The van der Waals surface area contributed by atoms with E-state index in [9.17, 15) is 9.59 Å². The molecule has 3 heterocycles. The van der Waals surface area contributed by atoms with Crippen molar-refractivity contribution in [3.05, 3.63) is 11.8 Å². The number of carbonyl (C=O) groups is 2. The zero-order valence-electron chi connectivity index (χ0n) is 15.6. The van der Waals surface area contributed by atoms with Gasteiger partial charge in [-0.05, 0) is 39.0 Å². The van der Waals surface area contributed by atoms with Crippen molar-refractivity contribution >= 4 is 17.8 Å². The molecule has 2 aliphatic heterocycles. The minimum atomic E-state index is -0.278. The minimum Gasteiger partial charge on any atom is -0.351 e. The summed E-state index contributed by atoms with van der Waals surface area (Å²) in [5.74, 6) is 1.32. The Kier molecular flexibility index (Phi) is 4.75. The fourth-order valence-corrected chi connectivity index (χ4v) is 3.92. The number of aromatic nitrogens is 2. The van der Waals surface area contributed by atoms with Crippen molar-refractivity contribution in [2.45, 2.75) is 52.5 Å². The van der Waals surface area contributed by atoms with Crippen LogP contribution >= 0.6 is 0 Å². The highest BCUT2D eigenvalue weighted by Crippen LogP contribution is 2.38. The predicted molar refractivity (Wildman–Crippen MR) is 96.2 cm³/mol. The molecule has 1 unspecified atom stereocenters. The van der Waals surface area contributed by atoms with E-state index in [2.05, 4.69) is 22.7 Å². The molecule has 0 radical (unpaired) electrons. The van der Waals surface area contributed by atoms with Gasteiger partial charge in [-0.25, -0.2) is 4.79 Å². The van der Waals surface area contributed by atoms with Crippen molar-refractivity contribution in [1.29, 1.82) is 0 Å². The Bertz CT molecular complexity index is 658. The van der Waals surface area contributed by atoms with Gasteiger partial charge in [0.15, 0.2) is 0 Å². The summed E-state index contributed by atoms with van der Waals surface area (Å²) < 4.78 is 1.72. The summed E-state index contributed by atoms with van der Waals surface area (Å²) in [5.41, 5.74) is 0.724. The van der Waals surface area contributed by atoms with E-state index in [1.165, 1.54) is 0 Å². The lowest BCUT2D eigenvalue weighted by Gasteiger charge is -2.50. The van der Waals surface area contributed by atoms with Crippen LogP contribution in [-0.2, 0) is 18.3 Å². The summed E-state index contributed by atoms with van der Waals surface area (Å²) in [6, 6.07) is 2.11. The van der Waals surface area contributed by atoms with Crippen LogP contribution in [0.4, 0.5) is 10.6 Å². The Hall–Kier alpha value is -2.05. The number of hydrogen-bond acceptors (Lipinski definition) is 3. The first-order valence-electron chi connectivity index (χ1n) is 9.22. The second-order valence-electron chi connectivity index (χ2n) is 7.82. The highest BCUT2D eigenvalue weighted by atomic mass is 16.2. The van der Waals surface area contributed by atoms with Crippen LogP contribution < -0.4 is 10.6 Å². The number of amides is 3. The summed E-state index contributed by atoms with van der Waals surface area (Å²) in [6.45, 7) is 7.57. The van der Waals surface area contributed by atoms with Crippen molar-refractivity contribution in [3.63, 3.8) is 0 Å². The van der Waals surface area contributed by atoms with E-state index >= 15 is 0 Å². The molecule has 1 atom stereocenters. The van der Waals surface area contributed by atoms with Crippen molar-refractivity contribution in [2.24, 2.45) is 18.4 Å². The molecule has 0 spiro atoms. The zero-order chi connectivity index (χ0) is 18.2. The maximum Gasteiger partial charge on any atom is 0.322 e. The van der Waals surface area contributed by atoms with E-state index in [0.717, 1.165) is 50.3 Å². The molecule has 3 amide bonds. The van der Waals surface area contributed by atoms with Crippen LogP contribution in [0.1, 0.15) is 45.7 Å². The number of β-lactam (4-membered cyclic amide) rings is 1. The largest absolute Gasteiger partial charge is 0.351 e. The summed E-state index contributed by atoms with van der Waals surface area (Å²) in [5, 5.41) is 10.4. The lowest BCUT2D eigenvalue weighted by atomic mass is 9.68. The van der Waals surface area contributed by atoms with Crippen molar-refractivity contribution in [2.75, 3.05) is 18.4 Å². The van der Waals surface area contributed by atoms with Gasteiger partial charge >= 0.3 is 6.03 Å². The number of aryl methyl sites for hydroxylation is 2. The van der Waals surface area contributed by atoms with Crippen LogP contribution in [0.2, 0.25) is 0 Å². The molecule has 0 aliphatic carbocycles. The summed E-state index contributed by atoms with van der Waals surface area (Å²) >= 11 is 0. The number of urea groups is 1. The highest BCUT2D eigenvalue weighted by Gasteiger charge is 2.51. The molecule has 0 bridgehead atoms. The monoisotopic (exact) mass is 347 g/mol. The smallest absolute Gasteiger partial charge is 0.322 e. The quantitative estimate of drug-likeness (QED) is 0.819. The third kappa shape index (κ3) is 3.37. The Morgan fingerprint density at radius 1 is 1.40 bits per heavy atom. The number of piperidine rings is 1. The number of nitrogens with one attached hydrogen (secondary N) is 2. The first-order valence-corrected chi connectivity index (χ1v) is 9.22. The Morgan fingerprint density at radius 3 is 2.64 bits per heavy atom. The van der Waals surface area contributed by atoms with Gasteiger partial charge in [0.25, 0.3) is 0 Å². The Balaban J connectivity index is 1.53. The van der Waals surface area contributed by atoms with E-state index in [0.29, 0.717) is 5.92 Å². The van der Waals surface area contributed by atoms with Gasteiger partial charge in [0, 0.05) is 32.2 Å². The van der Waals surface area contributed by atoms with Gasteiger partial charge in [-0.15, -0.1) is 0 Å². The van der Waals surface area contributed by atoms with Crippen molar-refractivity contribution in [1.82, 2.24) is 20.0 Å². The van der Waals surface area contributed by atoms with E-state index < -0.39 is 0 Å². The van der Waals surface area contributed by atoms with Crippen LogP contribution in [-0.4, -0.2) is 45.8 Å². The first-order chi connectivity index (χ1) is 11.8. The first kappa shape index (κ1) is 17.8. The van der Waals surface area contributed by atoms with E-state index in [4.69, 9.17) is 0 Å². The van der Waals surface area contributed by atoms with Gasteiger partial charge in [-0.2, -0.15) is 5.10 Å². The SMILES string of the molecule is CCCc1cc(NC(=O)N2CCC(C3NC(=O)C3(C)C)CC2)n(C)n1. The lowest BCUT2D eigenvalue weighted by Crippen LogP contribution is -2.68. The molecule has 2 aliphatic rings. The number of carbonyl (C=O) groups excluding carboxylic acids is 2. The molecule has 7 heteroatoms. The van der Waals surface area contributed by atoms with Gasteiger partial charge in [0.1, 0.15) is 5.82 Å². The van der Waals surface area contributed by atoms with Crippen molar-refractivity contribution in [3.8, 4) is 0 Å². The molecule has 0 saturated carbocycles. The topological polar surface area (TPSA) is 79.3 Å². The molecule has 2 N–H and O–H groups in total. The van der Waals surface area contributed by atoms with Gasteiger partial charge in [0.2, 0.25) is 5.91 Å². The predicted octanol–water partition coefficient (Wildman–Crippen LogP) is 2.14. The van der Waals surface area contributed by atoms with Crippen LogP contribution in [0.15, 0.2) is 6.07 Å². The molecule has 3 rings (SSSR count). The number of anilines is 1. The third-order valence-electron chi connectivity index (χ3n) is 5.62. The fourth-order valence-electron chi connectivity index (χ4n) is 3.92. The van der Waals surface area contributed by atoms with E-state index in [1.54, 1.807) is 4.68 Å². The van der Waals surface area contributed by atoms with Crippen LogP contribution in [0.25, 0.3) is 0 Å². The van der Waals surface area contributed by atoms with Gasteiger partial charge < -0.3 is 10.2 Å². The average Bonchev–Trinajstić information content (AvgIpc) is 2.92. The van der Waals surface area contributed by atoms with Gasteiger partial charge in [-0.3, -0.25) is 14.8 Å². The lowest BCUT2D eigenvalue weighted by molar-refractivity contribution is -0.146. The Morgan fingerprint density at radius 2 is 2.08 bits per heavy atom. The molecule has 138 valence electrons.